The van der Waals surface area contributed by atoms with Gasteiger partial charge in [0.15, 0.2) is 0 Å². The number of nitrogens with one attached hydrogen (secondary N) is 1. The summed E-state index contributed by atoms with van der Waals surface area (Å²) in [6.45, 7) is 1.49. The predicted molar refractivity (Wildman–Crippen MR) is 57.0 cm³/mol. The fraction of sp³-hybridized carbons (Fsp3) is 0.500. The van der Waals surface area contributed by atoms with Gasteiger partial charge in [-0.05, 0) is 50.0 Å². The van der Waals surface area contributed by atoms with Crippen molar-refractivity contribution >= 4 is 0 Å². The smallest absolute Gasteiger partial charge is 0.126 e. The second-order valence-corrected chi connectivity index (χ2v) is 4.29. The van der Waals surface area contributed by atoms with Crippen LogP contribution in [0.2, 0.25) is 0 Å². The fourth-order valence-corrected chi connectivity index (χ4v) is 2.16. The first-order valence-electron chi connectivity index (χ1n) is 5.50. The van der Waals surface area contributed by atoms with Crippen molar-refractivity contribution in [3.05, 3.63) is 35.4 Å². The number of aliphatic hydroxyl groups is 1. The van der Waals surface area contributed by atoms with Gasteiger partial charge in [-0.2, -0.15) is 0 Å². The van der Waals surface area contributed by atoms with E-state index in [1.807, 2.05) is 0 Å². The molecule has 16 heavy (non-hydrogen) atoms. The van der Waals surface area contributed by atoms with Crippen molar-refractivity contribution in [2.24, 2.45) is 0 Å². The number of hydrogen-bond acceptors (Lipinski definition) is 2. The molecule has 2 rings (SSSR count). The maximum absolute atomic E-state index is 13.1. The Morgan fingerprint density at radius 3 is 2.44 bits per heavy atom. The topological polar surface area (TPSA) is 32.3 Å². The van der Waals surface area contributed by atoms with Crippen LogP contribution in [0.1, 0.15) is 24.8 Å². The van der Waals surface area contributed by atoms with Gasteiger partial charge in [-0.1, -0.05) is 0 Å². The summed E-state index contributed by atoms with van der Waals surface area (Å²) in [5.41, 5.74) is -0.763. The molecular weight excluding hydrogens is 212 g/mol. The Hall–Kier alpha value is -1.00. The largest absolute Gasteiger partial charge is 0.385 e. The summed E-state index contributed by atoms with van der Waals surface area (Å²) in [6.07, 6.45) is 1.81. The van der Waals surface area contributed by atoms with Crippen molar-refractivity contribution in [3.8, 4) is 0 Å². The standard InChI is InChI=1S/C12H15F2NO/c13-10-6-9(7-11(14)8-10)12(16)2-1-4-15-5-3-12/h6-8,15-16H,1-5H2. The fourth-order valence-electron chi connectivity index (χ4n) is 2.16. The van der Waals surface area contributed by atoms with Crippen molar-refractivity contribution in [2.75, 3.05) is 13.1 Å². The molecule has 2 N–H and O–H groups in total. The first kappa shape index (κ1) is 11.5. The van der Waals surface area contributed by atoms with E-state index in [1.54, 1.807) is 0 Å². The average Bonchev–Trinajstić information content (AvgIpc) is 2.43. The van der Waals surface area contributed by atoms with Gasteiger partial charge in [0.25, 0.3) is 0 Å². The van der Waals surface area contributed by atoms with E-state index in [2.05, 4.69) is 5.32 Å². The van der Waals surface area contributed by atoms with E-state index < -0.39 is 17.2 Å². The molecule has 0 spiro atoms. The zero-order valence-corrected chi connectivity index (χ0v) is 8.97. The number of hydrogen-bond donors (Lipinski definition) is 2. The third-order valence-corrected chi connectivity index (χ3v) is 3.06. The van der Waals surface area contributed by atoms with E-state index >= 15 is 0 Å². The van der Waals surface area contributed by atoms with Gasteiger partial charge in [0.05, 0.1) is 5.60 Å². The number of halogens is 2. The van der Waals surface area contributed by atoms with Gasteiger partial charge in [-0.25, -0.2) is 8.78 Å². The minimum atomic E-state index is -1.10. The van der Waals surface area contributed by atoms with Crippen LogP contribution >= 0.6 is 0 Å². The minimum Gasteiger partial charge on any atom is -0.385 e. The molecule has 0 aliphatic carbocycles. The van der Waals surface area contributed by atoms with E-state index in [9.17, 15) is 13.9 Å². The maximum Gasteiger partial charge on any atom is 0.126 e. The van der Waals surface area contributed by atoms with E-state index in [4.69, 9.17) is 0 Å². The predicted octanol–water partition coefficient (Wildman–Crippen LogP) is 1.93. The van der Waals surface area contributed by atoms with Crippen molar-refractivity contribution < 1.29 is 13.9 Å². The minimum absolute atomic E-state index is 0.341. The SMILES string of the molecule is OC1(c2cc(F)cc(F)c2)CCCNCC1. The Bertz CT molecular complexity index is 353. The molecule has 1 atom stereocenters. The van der Waals surface area contributed by atoms with Crippen LogP contribution in [0.4, 0.5) is 8.78 Å². The second-order valence-electron chi connectivity index (χ2n) is 4.29. The highest BCUT2D eigenvalue weighted by Gasteiger charge is 2.30. The molecule has 1 aromatic rings. The van der Waals surface area contributed by atoms with Crippen LogP contribution in [0.15, 0.2) is 18.2 Å². The van der Waals surface area contributed by atoms with Crippen LogP contribution in [0.3, 0.4) is 0 Å². The third-order valence-electron chi connectivity index (χ3n) is 3.06. The first-order chi connectivity index (χ1) is 7.60. The molecule has 4 heteroatoms. The zero-order valence-electron chi connectivity index (χ0n) is 8.97. The Morgan fingerprint density at radius 1 is 1.06 bits per heavy atom. The summed E-state index contributed by atoms with van der Waals surface area (Å²) in [5, 5.41) is 13.6. The van der Waals surface area contributed by atoms with Gasteiger partial charge < -0.3 is 10.4 Å². The molecule has 0 radical (unpaired) electrons. The van der Waals surface area contributed by atoms with Crippen molar-refractivity contribution in [1.29, 1.82) is 0 Å². The van der Waals surface area contributed by atoms with Gasteiger partial charge in [-0.15, -0.1) is 0 Å². The first-order valence-corrected chi connectivity index (χ1v) is 5.50. The molecule has 1 aliphatic rings. The lowest BCUT2D eigenvalue weighted by atomic mass is 9.87. The summed E-state index contributed by atoms with van der Waals surface area (Å²) in [7, 11) is 0. The number of rotatable bonds is 1. The molecule has 1 fully saturated rings. The molecule has 1 unspecified atom stereocenters. The van der Waals surface area contributed by atoms with E-state index in [0.717, 1.165) is 19.0 Å². The Balaban J connectivity index is 2.32. The molecule has 1 aliphatic heterocycles. The molecule has 88 valence electrons. The van der Waals surface area contributed by atoms with Gasteiger partial charge >= 0.3 is 0 Å². The lowest BCUT2D eigenvalue weighted by molar-refractivity contribution is 0.0234. The van der Waals surface area contributed by atoms with Crippen molar-refractivity contribution in [3.63, 3.8) is 0 Å². The molecular formula is C12H15F2NO. The molecule has 1 saturated heterocycles. The van der Waals surface area contributed by atoms with Crippen molar-refractivity contribution in [1.82, 2.24) is 5.32 Å². The average molecular weight is 227 g/mol. The van der Waals surface area contributed by atoms with Gasteiger partial charge in [-0.3, -0.25) is 0 Å². The lowest BCUT2D eigenvalue weighted by Gasteiger charge is -2.26. The van der Waals surface area contributed by atoms with E-state index in [-0.39, 0.29) is 0 Å². The Morgan fingerprint density at radius 2 is 1.75 bits per heavy atom. The van der Waals surface area contributed by atoms with Crippen LogP contribution in [-0.4, -0.2) is 18.2 Å². The molecule has 1 heterocycles. The van der Waals surface area contributed by atoms with Crippen LogP contribution < -0.4 is 5.32 Å². The molecule has 2 nitrogen and oxygen atoms in total. The van der Waals surface area contributed by atoms with Gasteiger partial charge in [0.2, 0.25) is 0 Å². The maximum atomic E-state index is 13.1. The molecule has 0 aromatic heterocycles. The van der Waals surface area contributed by atoms with Crippen LogP contribution in [-0.2, 0) is 5.60 Å². The van der Waals surface area contributed by atoms with Crippen molar-refractivity contribution in [2.45, 2.75) is 24.9 Å². The summed E-state index contributed by atoms with van der Waals surface area (Å²) in [4.78, 5) is 0. The Kier molecular flexibility index (Phi) is 3.21. The molecule has 1 aromatic carbocycles. The normalized spacial score (nSPS) is 26.4. The molecule has 0 bridgehead atoms. The second kappa shape index (κ2) is 4.47. The summed E-state index contributed by atoms with van der Waals surface area (Å²) in [6, 6.07) is 3.25. The van der Waals surface area contributed by atoms with E-state index in [0.29, 0.717) is 24.9 Å². The monoisotopic (exact) mass is 227 g/mol. The van der Waals surface area contributed by atoms with Gasteiger partial charge in [0, 0.05) is 6.07 Å². The molecule has 0 saturated carbocycles. The third kappa shape index (κ3) is 2.39. The van der Waals surface area contributed by atoms with Gasteiger partial charge in [0.1, 0.15) is 11.6 Å². The van der Waals surface area contributed by atoms with E-state index in [1.165, 1.54) is 12.1 Å². The lowest BCUT2D eigenvalue weighted by Crippen LogP contribution is -2.27. The quantitative estimate of drug-likeness (QED) is 0.768. The van der Waals surface area contributed by atoms with Crippen LogP contribution in [0, 0.1) is 11.6 Å². The summed E-state index contributed by atoms with van der Waals surface area (Å²) in [5.74, 6) is -1.28. The van der Waals surface area contributed by atoms with Crippen LogP contribution in [0.5, 0.6) is 0 Å². The van der Waals surface area contributed by atoms with Crippen LogP contribution in [0.25, 0.3) is 0 Å². The highest BCUT2D eigenvalue weighted by atomic mass is 19.1. The highest BCUT2D eigenvalue weighted by molar-refractivity contribution is 5.24. The summed E-state index contributed by atoms with van der Waals surface area (Å²) >= 11 is 0. The highest BCUT2D eigenvalue weighted by Crippen LogP contribution is 2.31. The Labute approximate surface area is 93.3 Å². The zero-order chi connectivity index (χ0) is 11.6. The molecule has 0 amide bonds. The number of benzene rings is 1. The summed E-state index contributed by atoms with van der Waals surface area (Å²) < 4.78 is 26.2.